The van der Waals surface area contributed by atoms with Gasteiger partial charge in [-0.25, -0.2) is 4.79 Å². The number of amides is 2. The van der Waals surface area contributed by atoms with E-state index in [4.69, 9.17) is 28.4 Å². The molecular formula is C41H58N2O9. The monoisotopic (exact) mass is 722 g/mol. The van der Waals surface area contributed by atoms with Crippen molar-refractivity contribution >= 4 is 18.0 Å². The molecule has 0 spiro atoms. The van der Waals surface area contributed by atoms with Crippen LogP contribution >= 0.6 is 0 Å². The number of rotatable bonds is 9. The van der Waals surface area contributed by atoms with E-state index in [-0.39, 0.29) is 30.4 Å². The zero-order valence-electron chi connectivity index (χ0n) is 32.1. The number of hydrogen-bond donors (Lipinski definition) is 0. The van der Waals surface area contributed by atoms with Gasteiger partial charge in [-0.3, -0.25) is 9.59 Å². The van der Waals surface area contributed by atoms with E-state index in [1.54, 1.807) is 26.0 Å². The van der Waals surface area contributed by atoms with Gasteiger partial charge in [0.1, 0.15) is 5.60 Å². The van der Waals surface area contributed by atoms with Gasteiger partial charge in [-0.1, -0.05) is 12.1 Å². The number of esters is 1. The lowest BCUT2D eigenvalue weighted by atomic mass is 9.89. The first-order chi connectivity index (χ1) is 24.9. The number of methoxy groups -OCH3 is 3. The van der Waals surface area contributed by atoms with Crippen molar-refractivity contribution in [2.45, 2.75) is 115 Å². The van der Waals surface area contributed by atoms with Crippen LogP contribution in [0.2, 0.25) is 0 Å². The van der Waals surface area contributed by atoms with Gasteiger partial charge in [0.05, 0.1) is 39.5 Å². The van der Waals surface area contributed by atoms with E-state index in [1.807, 2.05) is 49.9 Å². The summed E-state index contributed by atoms with van der Waals surface area (Å²) in [6, 6.07) is 12.0. The Morgan fingerprint density at radius 2 is 1.21 bits per heavy atom. The van der Waals surface area contributed by atoms with Crippen LogP contribution in [0.3, 0.4) is 0 Å². The van der Waals surface area contributed by atoms with Gasteiger partial charge in [-0.05, 0) is 114 Å². The average Bonchev–Trinajstić information content (AvgIpc) is 3.95. The Labute approximate surface area is 309 Å². The first-order valence-electron chi connectivity index (χ1n) is 18.9. The minimum atomic E-state index is -0.599. The molecule has 52 heavy (non-hydrogen) atoms. The van der Waals surface area contributed by atoms with Gasteiger partial charge in [-0.2, -0.15) is 0 Å². The molecule has 0 bridgehead atoms. The zero-order chi connectivity index (χ0) is 37.4. The molecule has 2 amide bonds. The number of ether oxygens (including phenoxy) is 6. The summed E-state index contributed by atoms with van der Waals surface area (Å²) < 4.78 is 33.8. The van der Waals surface area contributed by atoms with Crippen molar-refractivity contribution in [1.82, 2.24) is 9.80 Å². The summed E-state index contributed by atoms with van der Waals surface area (Å²) in [6.07, 6.45) is 10.3. The normalized spacial score (nSPS) is 22.1. The van der Waals surface area contributed by atoms with Crippen LogP contribution in [-0.4, -0.2) is 93.1 Å². The third-order valence-corrected chi connectivity index (χ3v) is 10.6. The molecule has 2 aliphatic carbocycles. The Bertz CT molecular complexity index is 1530. The van der Waals surface area contributed by atoms with Crippen LogP contribution in [0.15, 0.2) is 36.4 Å². The smallest absolute Gasteiger partial charge is 0.410 e. The topological polar surface area (TPSA) is 113 Å². The fourth-order valence-electron chi connectivity index (χ4n) is 7.75. The minimum Gasteiger partial charge on any atom is -0.493 e. The van der Waals surface area contributed by atoms with Gasteiger partial charge in [-0.15, -0.1) is 0 Å². The second-order valence-electron chi connectivity index (χ2n) is 15.4. The average molecular weight is 723 g/mol. The van der Waals surface area contributed by atoms with Crippen LogP contribution in [-0.2, 0) is 19.1 Å². The van der Waals surface area contributed by atoms with Crippen molar-refractivity contribution in [1.29, 1.82) is 0 Å². The summed E-state index contributed by atoms with van der Waals surface area (Å²) in [5, 5.41) is 0. The van der Waals surface area contributed by atoms with Crippen molar-refractivity contribution in [3.8, 4) is 23.0 Å². The van der Waals surface area contributed by atoms with E-state index in [1.165, 1.54) is 38.4 Å². The van der Waals surface area contributed by atoms with Gasteiger partial charge < -0.3 is 38.2 Å². The first kappa shape index (κ1) is 39.1. The van der Waals surface area contributed by atoms with Crippen molar-refractivity contribution in [3.63, 3.8) is 0 Å². The van der Waals surface area contributed by atoms with Crippen LogP contribution in [0.5, 0.6) is 23.0 Å². The molecule has 4 fully saturated rings. The number of carbonyl (C=O) groups is 3. The van der Waals surface area contributed by atoms with Gasteiger partial charge in [0, 0.05) is 44.9 Å². The van der Waals surface area contributed by atoms with Crippen molar-refractivity contribution in [2.75, 3.05) is 47.5 Å². The van der Waals surface area contributed by atoms with Crippen LogP contribution < -0.4 is 18.9 Å². The fourth-order valence-corrected chi connectivity index (χ4v) is 7.75. The summed E-state index contributed by atoms with van der Waals surface area (Å²) in [7, 11) is 4.68. The molecule has 2 heterocycles. The number of nitrogens with zero attached hydrogens (tertiary/aromatic N) is 2. The van der Waals surface area contributed by atoms with E-state index in [0.717, 1.165) is 62.3 Å². The molecule has 286 valence electrons. The van der Waals surface area contributed by atoms with Crippen LogP contribution in [0.25, 0.3) is 0 Å². The molecule has 2 saturated carbocycles. The summed E-state index contributed by atoms with van der Waals surface area (Å²) >= 11 is 0. The van der Waals surface area contributed by atoms with Gasteiger partial charge in [0.15, 0.2) is 23.0 Å². The van der Waals surface area contributed by atoms with Crippen molar-refractivity contribution in [2.24, 2.45) is 5.92 Å². The van der Waals surface area contributed by atoms with E-state index < -0.39 is 17.6 Å². The molecule has 0 N–H and O–H groups in total. The summed E-state index contributed by atoms with van der Waals surface area (Å²) in [5.74, 6) is 2.57. The molecule has 0 aromatic heterocycles. The maximum atomic E-state index is 12.6. The Morgan fingerprint density at radius 3 is 1.69 bits per heavy atom. The van der Waals surface area contributed by atoms with Crippen LogP contribution in [0, 0.1) is 5.92 Å². The van der Waals surface area contributed by atoms with E-state index in [2.05, 4.69) is 12.1 Å². The summed E-state index contributed by atoms with van der Waals surface area (Å²) in [4.78, 5) is 40.1. The Balaban J connectivity index is 0.000000210. The highest BCUT2D eigenvalue weighted by atomic mass is 16.6. The van der Waals surface area contributed by atoms with E-state index >= 15 is 0 Å². The third-order valence-electron chi connectivity index (χ3n) is 10.6. The standard InChI is InChI=1S/C23H33NO6.C18H25NO3/c1-23(2,3)30-22(26)24-13-17(18(14-24)21(25)28-5)15-10-11-19(27-4)20(12-15)29-16-8-6-7-9-16;1-13(20)19-10-9-15(12-19)14-7-8-17(21-2)18(11-14)22-16-5-3-4-6-16/h10-12,16-18H,6-9,13-14H2,1-5H3;7-8,11,15-16H,3-6,9-10,12H2,1-2H3. The molecule has 2 saturated heterocycles. The quantitative estimate of drug-likeness (QED) is 0.243. The summed E-state index contributed by atoms with van der Waals surface area (Å²) in [6.45, 7) is 9.42. The lowest BCUT2D eigenvalue weighted by Crippen LogP contribution is -2.36. The molecule has 3 atom stereocenters. The van der Waals surface area contributed by atoms with Crippen molar-refractivity contribution < 1.29 is 42.8 Å². The molecule has 2 aliphatic heterocycles. The van der Waals surface area contributed by atoms with Gasteiger partial charge in [0.25, 0.3) is 0 Å². The second kappa shape index (κ2) is 17.6. The van der Waals surface area contributed by atoms with Crippen LogP contribution in [0.1, 0.15) is 108 Å². The summed E-state index contributed by atoms with van der Waals surface area (Å²) in [5.41, 5.74) is 1.57. The Kier molecular flexibility index (Phi) is 13.2. The SMILES string of the molecule is COC(=O)C1CN(C(=O)OC(C)(C)C)CC1c1ccc(OC)c(OC2CCCC2)c1.COc1ccc(C2CCN(C(C)=O)C2)cc1OC1CCCC1. The molecule has 6 rings (SSSR count). The number of carbonyl (C=O) groups excluding carboxylic acids is 3. The molecule has 2 aromatic rings. The third kappa shape index (κ3) is 10.0. The molecule has 3 unspecified atom stereocenters. The maximum Gasteiger partial charge on any atom is 0.410 e. The lowest BCUT2D eigenvalue weighted by Gasteiger charge is -2.24. The molecule has 4 aliphatic rings. The van der Waals surface area contributed by atoms with Gasteiger partial charge in [0.2, 0.25) is 5.91 Å². The number of likely N-dealkylation sites (tertiary alicyclic amines) is 2. The molecule has 11 nitrogen and oxygen atoms in total. The molecule has 2 aromatic carbocycles. The van der Waals surface area contributed by atoms with Gasteiger partial charge >= 0.3 is 12.1 Å². The lowest BCUT2D eigenvalue weighted by molar-refractivity contribution is -0.145. The predicted molar refractivity (Wildman–Crippen MR) is 197 cm³/mol. The van der Waals surface area contributed by atoms with Crippen LogP contribution in [0.4, 0.5) is 4.79 Å². The number of benzene rings is 2. The zero-order valence-corrected chi connectivity index (χ0v) is 32.1. The minimum absolute atomic E-state index is 0.165. The van der Waals surface area contributed by atoms with Crippen molar-refractivity contribution in [3.05, 3.63) is 47.5 Å². The first-order valence-corrected chi connectivity index (χ1v) is 18.9. The maximum absolute atomic E-state index is 12.6. The predicted octanol–water partition coefficient (Wildman–Crippen LogP) is 7.49. The highest BCUT2D eigenvalue weighted by Gasteiger charge is 2.43. The molecule has 11 heteroatoms. The Morgan fingerprint density at radius 1 is 0.673 bits per heavy atom. The Hall–Kier alpha value is -4.15. The van der Waals surface area contributed by atoms with E-state index in [0.29, 0.717) is 30.1 Å². The largest absolute Gasteiger partial charge is 0.493 e. The second-order valence-corrected chi connectivity index (χ2v) is 15.4. The molecule has 0 radical (unpaired) electrons. The highest BCUT2D eigenvalue weighted by Crippen LogP contribution is 2.40. The number of hydrogen-bond acceptors (Lipinski definition) is 9. The highest BCUT2D eigenvalue weighted by molar-refractivity contribution is 5.77. The fraction of sp³-hybridized carbons (Fsp3) is 0.634. The van der Waals surface area contributed by atoms with E-state index in [9.17, 15) is 14.4 Å². The molecular weight excluding hydrogens is 664 g/mol.